The van der Waals surface area contributed by atoms with Crippen molar-refractivity contribution >= 4 is 29.9 Å². The predicted octanol–water partition coefficient (Wildman–Crippen LogP) is 3.50. The first-order chi connectivity index (χ1) is 11.1. The topological polar surface area (TPSA) is 45.5 Å². The second-order valence-corrected chi connectivity index (χ2v) is 7.67. The molecule has 0 bridgehead atoms. The third kappa shape index (κ3) is 4.43. The fraction of sp³-hybridized carbons (Fsp3) is 0.778. The average molecular weight is 445 g/mol. The Morgan fingerprint density at radius 1 is 1.33 bits per heavy atom. The fourth-order valence-corrected chi connectivity index (χ4v) is 4.21. The quantitative estimate of drug-likeness (QED) is 0.439. The molecule has 1 saturated heterocycles. The maximum atomic E-state index is 4.51. The van der Waals surface area contributed by atoms with Crippen LogP contribution < -0.4 is 5.32 Å². The maximum absolute atomic E-state index is 4.51. The number of likely N-dealkylation sites (tertiary alicyclic amines) is 1. The molecule has 1 N–H and O–H groups in total. The summed E-state index contributed by atoms with van der Waals surface area (Å²) >= 11 is 0. The van der Waals surface area contributed by atoms with Crippen LogP contribution in [0, 0.1) is 11.3 Å². The fourth-order valence-electron chi connectivity index (χ4n) is 4.21. The summed E-state index contributed by atoms with van der Waals surface area (Å²) < 4.78 is 2.24. The highest BCUT2D eigenvalue weighted by molar-refractivity contribution is 14.0. The molecule has 0 radical (unpaired) electrons. The molecular formula is C18H32IN5. The van der Waals surface area contributed by atoms with Crippen LogP contribution >= 0.6 is 24.0 Å². The molecule has 1 aliphatic carbocycles. The lowest BCUT2D eigenvalue weighted by Crippen LogP contribution is -2.41. The maximum Gasteiger partial charge on any atom is 0.194 e. The molecule has 1 aromatic heterocycles. The van der Waals surface area contributed by atoms with E-state index in [-0.39, 0.29) is 24.0 Å². The number of aromatic nitrogens is 2. The van der Waals surface area contributed by atoms with Gasteiger partial charge in [-0.2, -0.15) is 0 Å². The number of rotatable bonds is 4. The van der Waals surface area contributed by atoms with Crippen molar-refractivity contribution in [1.82, 2.24) is 19.8 Å². The lowest BCUT2D eigenvalue weighted by Gasteiger charge is -2.26. The Morgan fingerprint density at radius 2 is 2.08 bits per heavy atom. The van der Waals surface area contributed by atoms with Gasteiger partial charge in [-0.15, -0.1) is 24.0 Å². The molecule has 24 heavy (non-hydrogen) atoms. The minimum Gasteiger partial charge on any atom is -0.349 e. The molecular weight excluding hydrogens is 413 g/mol. The molecule has 0 amide bonds. The number of nitrogens with one attached hydrogen (secondary N) is 1. The molecule has 136 valence electrons. The van der Waals surface area contributed by atoms with E-state index >= 15 is 0 Å². The van der Waals surface area contributed by atoms with E-state index in [4.69, 9.17) is 0 Å². The second-order valence-electron chi connectivity index (χ2n) is 7.67. The van der Waals surface area contributed by atoms with Gasteiger partial charge in [-0.05, 0) is 30.6 Å². The van der Waals surface area contributed by atoms with Crippen LogP contribution in [0.2, 0.25) is 0 Å². The molecule has 0 unspecified atom stereocenters. The van der Waals surface area contributed by atoms with Crippen LogP contribution in [0.5, 0.6) is 0 Å². The van der Waals surface area contributed by atoms with Gasteiger partial charge in [-0.1, -0.05) is 26.7 Å². The van der Waals surface area contributed by atoms with E-state index in [1.54, 1.807) is 0 Å². The van der Waals surface area contributed by atoms with Gasteiger partial charge in [-0.25, -0.2) is 4.98 Å². The number of hydrogen-bond donors (Lipinski definition) is 1. The van der Waals surface area contributed by atoms with E-state index in [0.717, 1.165) is 31.4 Å². The van der Waals surface area contributed by atoms with Crippen molar-refractivity contribution < 1.29 is 0 Å². The SMILES string of the molecule is CN=C(NCc1nccn1CC(C)C)N1CCC2(CCCC2)C1.I. The standard InChI is InChI=1S/C18H31N5.HI/c1-15(2)13-22-11-9-20-16(22)12-21-17(19-3)23-10-8-18(14-23)6-4-5-7-18;/h9,11,15H,4-8,10,12-14H2,1-3H3,(H,19,21);1H. The molecule has 0 aromatic carbocycles. The molecule has 1 saturated carbocycles. The van der Waals surface area contributed by atoms with Gasteiger partial charge in [0.2, 0.25) is 0 Å². The Hall–Kier alpha value is -0.790. The summed E-state index contributed by atoms with van der Waals surface area (Å²) in [7, 11) is 1.89. The summed E-state index contributed by atoms with van der Waals surface area (Å²) in [5.74, 6) is 2.76. The van der Waals surface area contributed by atoms with Gasteiger partial charge >= 0.3 is 0 Å². The van der Waals surface area contributed by atoms with Gasteiger partial charge in [0.1, 0.15) is 5.82 Å². The Balaban J connectivity index is 0.00000208. The molecule has 6 heteroatoms. The number of aliphatic imine (C=N–C) groups is 1. The van der Waals surface area contributed by atoms with Crippen molar-refractivity contribution in [2.75, 3.05) is 20.1 Å². The minimum atomic E-state index is 0. The molecule has 2 aliphatic rings. The first-order valence-electron chi connectivity index (χ1n) is 9.07. The zero-order valence-corrected chi connectivity index (χ0v) is 17.6. The van der Waals surface area contributed by atoms with E-state index in [9.17, 15) is 0 Å². The summed E-state index contributed by atoms with van der Waals surface area (Å²) in [6, 6.07) is 0. The van der Waals surface area contributed by atoms with E-state index in [2.05, 4.69) is 44.8 Å². The number of halogens is 1. The van der Waals surface area contributed by atoms with Crippen molar-refractivity contribution in [3.05, 3.63) is 18.2 Å². The smallest absolute Gasteiger partial charge is 0.194 e. The summed E-state index contributed by atoms with van der Waals surface area (Å²) in [4.78, 5) is 11.5. The van der Waals surface area contributed by atoms with Crippen LogP contribution in [0.25, 0.3) is 0 Å². The first-order valence-corrected chi connectivity index (χ1v) is 9.07. The van der Waals surface area contributed by atoms with Crippen molar-refractivity contribution in [3.8, 4) is 0 Å². The van der Waals surface area contributed by atoms with Gasteiger partial charge in [0, 0.05) is 39.1 Å². The van der Waals surface area contributed by atoms with Crippen LogP contribution in [0.4, 0.5) is 0 Å². The van der Waals surface area contributed by atoms with E-state index < -0.39 is 0 Å². The number of hydrogen-bond acceptors (Lipinski definition) is 2. The summed E-state index contributed by atoms with van der Waals surface area (Å²) in [6.45, 7) is 8.55. The van der Waals surface area contributed by atoms with Crippen LogP contribution in [-0.2, 0) is 13.1 Å². The average Bonchev–Trinajstić information content (AvgIpc) is 3.24. The summed E-state index contributed by atoms with van der Waals surface area (Å²) in [5.41, 5.74) is 0.577. The largest absolute Gasteiger partial charge is 0.349 e. The molecule has 2 fully saturated rings. The van der Waals surface area contributed by atoms with E-state index in [1.807, 2.05) is 13.2 Å². The van der Waals surface area contributed by atoms with Crippen LogP contribution in [0.3, 0.4) is 0 Å². The Morgan fingerprint density at radius 3 is 2.75 bits per heavy atom. The molecule has 0 atom stereocenters. The lowest BCUT2D eigenvalue weighted by atomic mass is 9.86. The molecule has 1 aromatic rings. The lowest BCUT2D eigenvalue weighted by molar-refractivity contribution is 0.309. The Kier molecular flexibility index (Phi) is 6.95. The van der Waals surface area contributed by atoms with Gasteiger partial charge in [0.05, 0.1) is 6.54 Å². The molecule has 1 spiro atoms. The van der Waals surface area contributed by atoms with Crippen molar-refractivity contribution in [2.45, 2.75) is 59.0 Å². The monoisotopic (exact) mass is 445 g/mol. The first kappa shape index (κ1) is 19.5. The predicted molar refractivity (Wildman–Crippen MR) is 110 cm³/mol. The Bertz CT molecular complexity index is 545. The molecule has 5 nitrogen and oxygen atoms in total. The number of imidazole rings is 1. The van der Waals surface area contributed by atoms with Gasteiger partial charge in [0.15, 0.2) is 5.96 Å². The second kappa shape index (κ2) is 8.54. The normalized spacial score (nSPS) is 20.0. The van der Waals surface area contributed by atoms with Crippen molar-refractivity contribution in [2.24, 2.45) is 16.3 Å². The van der Waals surface area contributed by atoms with E-state index in [0.29, 0.717) is 11.3 Å². The highest BCUT2D eigenvalue weighted by Gasteiger charge is 2.41. The van der Waals surface area contributed by atoms with Crippen LogP contribution in [0.15, 0.2) is 17.4 Å². The highest BCUT2D eigenvalue weighted by atomic mass is 127. The summed E-state index contributed by atoms with van der Waals surface area (Å²) in [6.07, 6.45) is 10.9. The third-order valence-corrected chi connectivity index (χ3v) is 5.38. The zero-order chi connectivity index (χ0) is 16.3. The van der Waals surface area contributed by atoms with Crippen LogP contribution in [0.1, 0.15) is 51.8 Å². The van der Waals surface area contributed by atoms with Crippen molar-refractivity contribution in [1.29, 1.82) is 0 Å². The minimum absolute atomic E-state index is 0. The Labute approximate surface area is 163 Å². The van der Waals surface area contributed by atoms with Gasteiger partial charge in [-0.3, -0.25) is 4.99 Å². The van der Waals surface area contributed by atoms with Crippen LogP contribution in [-0.4, -0.2) is 40.5 Å². The third-order valence-electron chi connectivity index (χ3n) is 5.38. The van der Waals surface area contributed by atoms with Gasteiger partial charge in [0.25, 0.3) is 0 Å². The molecule has 1 aliphatic heterocycles. The van der Waals surface area contributed by atoms with Gasteiger partial charge < -0.3 is 14.8 Å². The zero-order valence-electron chi connectivity index (χ0n) is 15.3. The number of nitrogens with zero attached hydrogens (tertiary/aromatic N) is 4. The molecule has 3 rings (SSSR count). The van der Waals surface area contributed by atoms with Crippen molar-refractivity contribution in [3.63, 3.8) is 0 Å². The number of guanidine groups is 1. The summed E-state index contributed by atoms with van der Waals surface area (Å²) in [5, 5.41) is 3.53. The molecule has 2 heterocycles. The van der Waals surface area contributed by atoms with E-state index in [1.165, 1.54) is 38.6 Å². The highest BCUT2D eigenvalue weighted by Crippen LogP contribution is 2.45.